The Morgan fingerprint density at radius 1 is 1.37 bits per heavy atom. The van der Waals surface area contributed by atoms with Crippen LogP contribution in [0.2, 0.25) is 0 Å². The highest BCUT2D eigenvalue weighted by atomic mass is 19.4. The molecule has 3 nitrogen and oxygen atoms in total. The normalized spacial score (nSPS) is 11.4. The van der Waals surface area contributed by atoms with Crippen molar-refractivity contribution in [2.24, 2.45) is 5.73 Å². The van der Waals surface area contributed by atoms with Crippen molar-refractivity contribution in [2.45, 2.75) is 25.9 Å². The summed E-state index contributed by atoms with van der Waals surface area (Å²) in [5.74, 6) is -0.574. The van der Waals surface area contributed by atoms with E-state index < -0.39 is 17.6 Å². The van der Waals surface area contributed by atoms with E-state index in [0.717, 1.165) is 18.9 Å². The van der Waals surface area contributed by atoms with Gasteiger partial charge in [0.1, 0.15) is 5.84 Å². The summed E-state index contributed by atoms with van der Waals surface area (Å²) in [5, 5.41) is 7.21. The number of nitrogens with two attached hydrogens (primary N) is 1. The molecule has 0 aliphatic rings. The Morgan fingerprint density at radius 2 is 2.00 bits per heavy atom. The number of nitrogens with zero attached hydrogens (tertiary/aromatic N) is 1. The molecule has 0 aliphatic heterocycles. The lowest BCUT2D eigenvalue weighted by molar-refractivity contribution is -0.137. The van der Waals surface area contributed by atoms with Crippen molar-refractivity contribution < 1.29 is 13.2 Å². The average molecular weight is 273 g/mol. The molecule has 0 aliphatic carbocycles. The summed E-state index contributed by atoms with van der Waals surface area (Å²) in [6.07, 6.45) is -2.63. The van der Waals surface area contributed by atoms with E-state index >= 15 is 0 Å². The number of amidine groups is 1. The van der Waals surface area contributed by atoms with Gasteiger partial charge in [-0.25, -0.2) is 0 Å². The van der Waals surface area contributed by atoms with Crippen LogP contribution < -0.4 is 10.6 Å². The SMILES string of the molecule is CCCCN(C)c1ccc(C(=N)N)c(C(F)(F)F)c1. The first kappa shape index (κ1) is 15.3. The van der Waals surface area contributed by atoms with E-state index in [-0.39, 0.29) is 5.56 Å². The Labute approximate surface area is 110 Å². The van der Waals surface area contributed by atoms with Crippen LogP contribution in [0.25, 0.3) is 0 Å². The maximum atomic E-state index is 12.9. The molecule has 1 aromatic rings. The first-order valence-electron chi connectivity index (χ1n) is 6.04. The van der Waals surface area contributed by atoms with Crippen molar-refractivity contribution in [3.63, 3.8) is 0 Å². The highest BCUT2D eigenvalue weighted by molar-refractivity contribution is 5.97. The van der Waals surface area contributed by atoms with Crippen molar-refractivity contribution in [1.29, 1.82) is 5.41 Å². The van der Waals surface area contributed by atoms with Crippen LogP contribution in [0.5, 0.6) is 0 Å². The highest BCUT2D eigenvalue weighted by Crippen LogP contribution is 2.34. The molecule has 0 spiro atoms. The summed E-state index contributed by atoms with van der Waals surface area (Å²) in [7, 11) is 1.75. The van der Waals surface area contributed by atoms with Gasteiger partial charge in [0.05, 0.1) is 5.56 Å². The molecule has 3 N–H and O–H groups in total. The molecule has 0 aromatic heterocycles. The van der Waals surface area contributed by atoms with E-state index in [4.69, 9.17) is 11.1 Å². The third kappa shape index (κ3) is 3.87. The molecule has 0 fully saturated rings. The Hall–Kier alpha value is -1.72. The molecule has 0 heterocycles. The van der Waals surface area contributed by atoms with Gasteiger partial charge < -0.3 is 10.6 Å². The van der Waals surface area contributed by atoms with Gasteiger partial charge in [-0.2, -0.15) is 13.2 Å². The van der Waals surface area contributed by atoms with Crippen LogP contribution in [0.3, 0.4) is 0 Å². The summed E-state index contributed by atoms with van der Waals surface area (Å²) in [4.78, 5) is 1.77. The van der Waals surface area contributed by atoms with Crippen LogP contribution in [-0.2, 0) is 6.18 Å². The molecule has 0 atom stereocenters. The second-order valence-electron chi connectivity index (χ2n) is 4.42. The van der Waals surface area contributed by atoms with Crippen molar-refractivity contribution in [3.05, 3.63) is 29.3 Å². The fourth-order valence-corrected chi connectivity index (χ4v) is 1.76. The quantitative estimate of drug-likeness (QED) is 0.639. The zero-order chi connectivity index (χ0) is 14.6. The molecule has 0 radical (unpaired) electrons. The van der Waals surface area contributed by atoms with Gasteiger partial charge in [0.25, 0.3) is 0 Å². The summed E-state index contributed by atoms with van der Waals surface area (Å²) >= 11 is 0. The van der Waals surface area contributed by atoms with Gasteiger partial charge in [-0.05, 0) is 24.6 Å². The number of benzene rings is 1. The third-order valence-corrected chi connectivity index (χ3v) is 2.89. The molecular weight excluding hydrogens is 255 g/mol. The molecule has 0 saturated heterocycles. The van der Waals surface area contributed by atoms with Crippen LogP contribution in [0, 0.1) is 5.41 Å². The van der Waals surface area contributed by atoms with Gasteiger partial charge in [-0.3, -0.25) is 5.41 Å². The largest absolute Gasteiger partial charge is 0.417 e. The standard InChI is InChI=1S/C13H18F3N3/c1-3-4-7-19(2)9-5-6-10(12(17)18)11(8-9)13(14,15)16/h5-6,8H,3-4,7H2,1-2H3,(H3,17,18). The van der Waals surface area contributed by atoms with E-state index in [9.17, 15) is 13.2 Å². The first-order valence-corrected chi connectivity index (χ1v) is 6.04. The zero-order valence-electron chi connectivity index (χ0n) is 11.0. The maximum Gasteiger partial charge on any atom is 0.417 e. The number of hydrogen-bond donors (Lipinski definition) is 2. The monoisotopic (exact) mass is 273 g/mol. The number of unbranched alkanes of at least 4 members (excludes halogenated alkanes) is 1. The Balaban J connectivity index is 3.15. The smallest absolute Gasteiger partial charge is 0.384 e. The topological polar surface area (TPSA) is 53.1 Å². The first-order chi connectivity index (χ1) is 8.77. The van der Waals surface area contributed by atoms with Gasteiger partial charge in [0, 0.05) is 24.8 Å². The molecule has 0 bridgehead atoms. The summed E-state index contributed by atoms with van der Waals surface area (Å²) in [5.41, 5.74) is 4.53. The second-order valence-corrected chi connectivity index (χ2v) is 4.42. The zero-order valence-corrected chi connectivity index (χ0v) is 11.0. The van der Waals surface area contributed by atoms with Crippen LogP contribution in [0.15, 0.2) is 18.2 Å². The molecule has 0 saturated carbocycles. The van der Waals surface area contributed by atoms with Gasteiger partial charge >= 0.3 is 6.18 Å². The second kappa shape index (κ2) is 5.95. The Morgan fingerprint density at radius 3 is 2.47 bits per heavy atom. The molecule has 1 rings (SSSR count). The Kier molecular flexibility index (Phi) is 4.80. The lowest BCUT2D eigenvalue weighted by Crippen LogP contribution is -2.22. The average Bonchev–Trinajstić information content (AvgIpc) is 2.34. The number of nitrogen functional groups attached to an aromatic ring is 1. The van der Waals surface area contributed by atoms with Crippen LogP contribution >= 0.6 is 0 Å². The molecule has 0 unspecified atom stereocenters. The van der Waals surface area contributed by atoms with Gasteiger partial charge in [0.15, 0.2) is 0 Å². The fraction of sp³-hybridized carbons (Fsp3) is 0.462. The van der Waals surface area contributed by atoms with E-state index in [1.807, 2.05) is 6.92 Å². The fourth-order valence-electron chi connectivity index (χ4n) is 1.76. The minimum atomic E-state index is -4.51. The molecule has 19 heavy (non-hydrogen) atoms. The minimum absolute atomic E-state index is 0.278. The van der Waals surface area contributed by atoms with Gasteiger partial charge in [-0.15, -0.1) is 0 Å². The number of rotatable bonds is 5. The predicted octanol–water partition coefficient (Wildman–Crippen LogP) is 3.23. The summed E-state index contributed by atoms with van der Waals surface area (Å²) < 4.78 is 38.8. The minimum Gasteiger partial charge on any atom is -0.384 e. The van der Waals surface area contributed by atoms with E-state index in [1.54, 1.807) is 18.0 Å². The Bertz CT molecular complexity index is 455. The summed E-state index contributed by atoms with van der Waals surface area (Å²) in [6, 6.07) is 3.86. The molecule has 6 heteroatoms. The van der Waals surface area contributed by atoms with Crippen molar-refractivity contribution >= 4 is 11.5 Å². The van der Waals surface area contributed by atoms with E-state index in [1.165, 1.54) is 6.07 Å². The van der Waals surface area contributed by atoms with E-state index in [0.29, 0.717) is 12.2 Å². The predicted molar refractivity (Wildman–Crippen MR) is 70.6 cm³/mol. The summed E-state index contributed by atoms with van der Waals surface area (Å²) in [6.45, 7) is 2.71. The third-order valence-electron chi connectivity index (χ3n) is 2.89. The lowest BCUT2D eigenvalue weighted by Gasteiger charge is -2.21. The van der Waals surface area contributed by atoms with Crippen LogP contribution in [0.4, 0.5) is 18.9 Å². The van der Waals surface area contributed by atoms with Crippen LogP contribution in [0.1, 0.15) is 30.9 Å². The number of alkyl halides is 3. The van der Waals surface area contributed by atoms with Gasteiger partial charge in [0.2, 0.25) is 0 Å². The maximum absolute atomic E-state index is 12.9. The van der Waals surface area contributed by atoms with Crippen molar-refractivity contribution in [3.8, 4) is 0 Å². The molecule has 106 valence electrons. The molecular formula is C13H18F3N3. The number of halogens is 3. The number of nitrogens with one attached hydrogen (secondary N) is 1. The number of hydrogen-bond acceptors (Lipinski definition) is 2. The highest BCUT2D eigenvalue weighted by Gasteiger charge is 2.34. The van der Waals surface area contributed by atoms with E-state index in [2.05, 4.69) is 0 Å². The van der Waals surface area contributed by atoms with Gasteiger partial charge in [-0.1, -0.05) is 13.3 Å². The number of anilines is 1. The molecule has 1 aromatic carbocycles. The van der Waals surface area contributed by atoms with Crippen molar-refractivity contribution in [1.82, 2.24) is 0 Å². The van der Waals surface area contributed by atoms with Crippen molar-refractivity contribution in [2.75, 3.05) is 18.5 Å². The molecule has 0 amide bonds. The lowest BCUT2D eigenvalue weighted by atomic mass is 10.0. The van der Waals surface area contributed by atoms with Crippen LogP contribution in [-0.4, -0.2) is 19.4 Å².